The van der Waals surface area contributed by atoms with E-state index >= 15 is 0 Å². The molecular formula is C17H16N4O3. The second kappa shape index (κ2) is 8.23. The molecule has 3 amide bonds. The molecule has 0 spiro atoms. The summed E-state index contributed by atoms with van der Waals surface area (Å²) in [5.74, 6) is -1.08. The van der Waals surface area contributed by atoms with Crippen molar-refractivity contribution in [3.05, 3.63) is 66.0 Å². The molecule has 0 aliphatic carbocycles. The maximum Gasteiger partial charge on any atom is 0.271 e. The fraction of sp³-hybridized carbons (Fsp3) is 0.0588. The van der Waals surface area contributed by atoms with E-state index < -0.39 is 11.8 Å². The van der Waals surface area contributed by atoms with E-state index in [2.05, 4.69) is 21.2 Å². The van der Waals surface area contributed by atoms with Gasteiger partial charge >= 0.3 is 0 Å². The topological polar surface area (TPSA) is 100 Å². The second-order valence-corrected chi connectivity index (χ2v) is 4.82. The van der Waals surface area contributed by atoms with Gasteiger partial charge in [-0.15, -0.1) is 0 Å². The van der Waals surface area contributed by atoms with Crippen LogP contribution in [0.2, 0.25) is 0 Å². The molecule has 7 heteroatoms. The van der Waals surface area contributed by atoms with Crippen LogP contribution in [-0.2, 0) is 9.59 Å². The van der Waals surface area contributed by atoms with Gasteiger partial charge in [0.15, 0.2) is 0 Å². The number of carbonyl (C=O) groups excluding carboxylic acids is 3. The minimum absolute atomic E-state index is 0.151. The van der Waals surface area contributed by atoms with Crippen molar-refractivity contribution in [3.8, 4) is 0 Å². The molecular weight excluding hydrogens is 308 g/mol. The number of anilines is 1. The normalized spacial score (nSPS) is 10.2. The van der Waals surface area contributed by atoms with Crippen molar-refractivity contribution in [2.24, 2.45) is 0 Å². The van der Waals surface area contributed by atoms with Gasteiger partial charge in [-0.2, -0.15) is 0 Å². The van der Waals surface area contributed by atoms with E-state index in [4.69, 9.17) is 0 Å². The third-order valence-electron chi connectivity index (χ3n) is 2.88. The summed E-state index contributed by atoms with van der Waals surface area (Å²) in [6.07, 6.45) is 5.82. The van der Waals surface area contributed by atoms with Crippen molar-refractivity contribution in [3.63, 3.8) is 0 Å². The monoisotopic (exact) mass is 324 g/mol. The van der Waals surface area contributed by atoms with Gasteiger partial charge in [0.25, 0.3) is 11.8 Å². The fourth-order valence-electron chi connectivity index (χ4n) is 1.78. The molecule has 7 nitrogen and oxygen atoms in total. The summed E-state index contributed by atoms with van der Waals surface area (Å²) in [4.78, 5) is 38.2. The summed E-state index contributed by atoms with van der Waals surface area (Å²) in [5.41, 5.74) is 6.36. The Morgan fingerprint density at radius 1 is 1.04 bits per heavy atom. The van der Waals surface area contributed by atoms with Crippen LogP contribution in [0.4, 0.5) is 5.69 Å². The lowest BCUT2D eigenvalue weighted by Crippen LogP contribution is -2.40. The van der Waals surface area contributed by atoms with Crippen LogP contribution in [0.3, 0.4) is 0 Å². The molecule has 1 aromatic heterocycles. The van der Waals surface area contributed by atoms with E-state index in [1.165, 1.54) is 19.2 Å². The molecule has 1 heterocycles. The molecule has 2 aromatic rings. The van der Waals surface area contributed by atoms with Crippen molar-refractivity contribution in [1.82, 2.24) is 15.8 Å². The number of rotatable bonds is 4. The standard InChI is InChI=1S/C17H16N4O3/c1-12(22)19-15-7-4-13(5-8-15)6-9-16(23)20-21-17(24)14-3-2-10-18-11-14/h2-11H,1H3,(H,19,22)(H,20,23)(H,21,24)/b9-6+. The van der Waals surface area contributed by atoms with Gasteiger partial charge < -0.3 is 5.32 Å². The minimum Gasteiger partial charge on any atom is -0.326 e. The highest BCUT2D eigenvalue weighted by Crippen LogP contribution is 2.10. The number of pyridine rings is 1. The molecule has 1 aromatic carbocycles. The maximum absolute atomic E-state index is 11.7. The van der Waals surface area contributed by atoms with E-state index in [-0.39, 0.29) is 5.91 Å². The van der Waals surface area contributed by atoms with Crippen LogP contribution in [0.15, 0.2) is 54.9 Å². The van der Waals surface area contributed by atoms with Crippen LogP contribution in [-0.4, -0.2) is 22.7 Å². The number of hydrogen-bond acceptors (Lipinski definition) is 4. The quantitative estimate of drug-likeness (QED) is 0.586. The minimum atomic E-state index is -0.474. The lowest BCUT2D eigenvalue weighted by molar-refractivity contribution is -0.117. The summed E-state index contributed by atoms with van der Waals surface area (Å²) < 4.78 is 0. The van der Waals surface area contributed by atoms with Crippen molar-refractivity contribution in [2.45, 2.75) is 6.92 Å². The number of amides is 3. The van der Waals surface area contributed by atoms with Gasteiger partial charge in [-0.1, -0.05) is 12.1 Å². The number of carbonyl (C=O) groups is 3. The van der Waals surface area contributed by atoms with Crippen LogP contribution >= 0.6 is 0 Å². The molecule has 0 aliphatic rings. The second-order valence-electron chi connectivity index (χ2n) is 4.82. The van der Waals surface area contributed by atoms with Crippen LogP contribution in [0.5, 0.6) is 0 Å². The zero-order valence-corrected chi connectivity index (χ0v) is 12.9. The third kappa shape index (κ3) is 5.38. The first-order valence-corrected chi connectivity index (χ1v) is 7.10. The van der Waals surface area contributed by atoms with Crippen LogP contribution in [0, 0.1) is 0 Å². The Morgan fingerprint density at radius 2 is 1.79 bits per heavy atom. The van der Waals surface area contributed by atoms with Gasteiger partial charge in [0.2, 0.25) is 5.91 Å². The molecule has 2 rings (SSSR count). The predicted molar refractivity (Wildman–Crippen MR) is 89.6 cm³/mol. The Morgan fingerprint density at radius 3 is 2.42 bits per heavy atom. The molecule has 0 atom stereocenters. The zero-order valence-electron chi connectivity index (χ0n) is 12.9. The van der Waals surface area contributed by atoms with Crippen molar-refractivity contribution >= 4 is 29.5 Å². The van der Waals surface area contributed by atoms with Crippen LogP contribution in [0.25, 0.3) is 6.08 Å². The average molecular weight is 324 g/mol. The Kier molecular flexibility index (Phi) is 5.79. The van der Waals surface area contributed by atoms with E-state index in [0.29, 0.717) is 11.3 Å². The molecule has 0 radical (unpaired) electrons. The summed E-state index contributed by atoms with van der Waals surface area (Å²) in [5, 5.41) is 2.65. The first-order valence-electron chi connectivity index (χ1n) is 7.10. The molecule has 122 valence electrons. The van der Waals surface area contributed by atoms with Gasteiger partial charge in [0.1, 0.15) is 0 Å². The van der Waals surface area contributed by atoms with E-state index in [1.807, 2.05) is 0 Å². The number of nitrogens with one attached hydrogen (secondary N) is 3. The molecule has 24 heavy (non-hydrogen) atoms. The molecule has 3 N–H and O–H groups in total. The first kappa shape index (κ1) is 16.9. The smallest absolute Gasteiger partial charge is 0.271 e. The van der Waals surface area contributed by atoms with Gasteiger partial charge in [-0.3, -0.25) is 30.2 Å². The highest BCUT2D eigenvalue weighted by molar-refractivity contribution is 5.97. The van der Waals surface area contributed by atoms with E-state index in [1.54, 1.807) is 48.7 Å². The first-order chi connectivity index (χ1) is 11.5. The molecule has 0 unspecified atom stereocenters. The Balaban J connectivity index is 1.84. The van der Waals surface area contributed by atoms with E-state index in [9.17, 15) is 14.4 Å². The van der Waals surface area contributed by atoms with Gasteiger partial charge in [-0.25, -0.2) is 0 Å². The summed E-state index contributed by atoms with van der Waals surface area (Å²) in [6, 6.07) is 10.2. The molecule has 0 fully saturated rings. The van der Waals surface area contributed by atoms with Gasteiger partial charge in [0.05, 0.1) is 5.56 Å². The fourth-order valence-corrected chi connectivity index (χ4v) is 1.78. The number of benzene rings is 1. The molecule has 0 saturated carbocycles. The summed E-state index contributed by atoms with van der Waals surface area (Å²) in [6.45, 7) is 1.43. The van der Waals surface area contributed by atoms with Crippen molar-refractivity contribution in [2.75, 3.05) is 5.32 Å². The summed E-state index contributed by atoms with van der Waals surface area (Å²) >= 11 is 0. The largest absolute Gasteiger partial charge is 0.326 e. The SMILES string of the molecule is CC(=O)Nc1ccc(/C=C/C(=O)NNC(=O)c2cccnc2)cc1. The van der Waals surface area contributed by atoms with Gasteiger partial charge in [0, 0.05) is 31.1 Å². The Labute approximate surface area is 138 Å². The summed E-state index contributed by atoms with van der Waals surface area (Å²) in [7, 11) is 0. The van der Waals surface area contributed by atoms with Crippen LogP contribution < -0.4 is 16.2 Å². The third-order valence-corrected chi connectivity index (χ3v) is 2.88. The number of nitrogens with zero attached hydrogens (tertiary/aromatic N) is 1. The Hall–Kier alpha value is -3.48. The highest BCUT2D eigenvalue weighted by Gasteiger charge is 2.05. The molecule has 0 bridgehead atoms. The zero-order chi connectivity index (χ0) is 17.4. The van der Waals surface area contributed by atoms with Crippen molar-refractivity contribution < 1.29 is 14.4 Å². The number of hydrazine groups is 1. The number of hydrogen-bond donors (Lipinski definition) is 3. The lowest BCUT2D eigenvalue weighted by Gasteiger charge is -2.04. The van der Waals surface area contributed by atoms with Crippen molar-refractivity contribution in [1.29, 1.82) is 0 Å². The number of aromatic nitrogens is 1. The average Bonchev–Trinajstić information content (AvgIpc) is 2.59. The maximum atomic E-state index is 11.7. The lowest BCUT2D eigenvalue weighted by atomic mass is 10.2. The van der Waals surface area contributed by atoms with Crippen LogP contribution in [0.1, 0.15) is 22.8 Å². The molecule has 0 aliphatic heterocycles. The molecule has 0 saturated heterocycles. The van der Waals surface area contributed by atoms with Gasteiger partial charge in [-0.05, 0) is 35.9 Å². The van der Waals surface area contributed by atoms with E-state index in [0.717, 1.165) is 5.56 Å². The highest BCUT2D eigenvalue weighted by atomic mass is 16.2. The predicted octanol–water partition coefficient (Wildman–Crippen LogP) is 1.51. The Bertz CT molecular complexity index is 755.